The molecular formula is C26H37F2N3O4Si. The van der Waals surface area contributed by atoms with E-state index in [0.717, 1.165) is 6.29 Å². The van der Waals surface area contributed by atoms with Crippen molar-refractivity contribution in [3.63, 3.8) is 0 Å². The highest BCUT2D eigenvalue weighted by atomic mass is 28.4. The highest BCUT2D eigenvalue weighted by Crippen LogP contribution is 2.42. The number of H-pyrrole nitrogens is 1. The minimum Gasteiger partial charge on any atom is -0.444 e. The molecule has 2 heterocycles. The smallest absolute Gasteiger partial charge is 0.411 e. The first-order chi connectivity index (χ1) is 16.5. The summed E-state index contributed by atoms with van der Waals surface area (Å²) in [6.07, 6.45) is 0.724. The zero-order valence-electron chi connectivity index (χ0n) is 22.4. The van der Waals surface area contributed by atoms with Crippen molar-refractivity contribution >= 4 is 31.7 Å². The molecule has 2 aromatic rings. The lowest BCUT2D eigenvalue weighted by Gasteiger charge is -2.38. The Bertz CT molecular complexity index is 1150. The van der Waals surface area contributed by atoms with Crippen LogP contribution < -0.4 is 0 Å². The number of ether oxygens (including phenoxy) is 1. The van der Waals surface area contributed by atoms with Crippen molar-refractivity contribution in [1.82, 2.24) is 14.9 Å². The monoisotopic (exact) mass is 521 g/mol. The molecule has 36 heavy (non-hydrogen) atoms. The van der Waals surface area contributed by atoms with Crippen LogP contribution in [0.2, 0.25) is 18.1 Å². The highest BCUT2D eigenvalue weighted by Gasteiger charge is 2.46. The number of rotatable bonds is 4. The number of imidazole rings is 1. The second-order valence-corrected chi connectivity index (χ2v) is 17.4. The molecule has 2 unspecified atom stereocenters. The van der Waals surface area contributed by atoms with Gasteiger partial charge in [0.05, 0.1) is 12.1 Å². The second-order valence-electron chi connectivity index (χ2n) is 12.6. The molecule has 0 saturated carbocycles. The topological polar surface area (TPSA) is 84.5 Å². The number of aromatic nitrogens is 2. The molecule has 2 aliphatic rings. The Labute approximate surface area is 212 Å². The van der Waals surface area contributed by atoms with Gasteiger partial charge in [-0.15, -0.1) is 0 Å². The Morgan fingerprint density at radius 2 is 1.72 bits per heavy atom. The summed E-state index contributed by atoms with van der Waals surface area (Å²) < 4.78 is 43.0. The number of carbonyl (C=O) groups excluding carboxylic acids is 2. The van der Waals surface area contributed by atoms with Gasteiger partial charge < -0.3 is 18.9 Å². The molecule has 1 aromatic carbocycles. The summed E-state index contributed by atoms with van der Waals surface area (Å²) in [6.45, 7) is 16.4. The number of aromatic amines is 1. The molecule has 10 heteroatoms. The van der Waals surface area contributed by atoms with Crippen LogP contribution in [0, 0.1) is 17.6 Å². The maximum Gasteiger partial charge on any atom is 0.411 e. The molecular weight excluding hydrogens is 484 g/mol. The summed E-state index contributed by atoms with van der Waals surface area (Å²) in [5.41, 5.74) is -0.412. The zero-order valence-corrected chi connectivity index (χ0v) is 23.4. The summed E-state index contributed by atoms with van der Waals surface area (Å²) in [5.74, 6) is -1.32. The normalized spacial score (nSPS) is 21.3. The van der Waals surface area contributed by atoms with E-state index in [1.54, 1.807) is 25.7 Å². The number of benzene rings is 1. The maximum absolute atomic E-state index is 15.4. The summed E-state index contributed by atoms with van der Waals surface area (Å²) >= 11 is 0. The molecule has 0 radical (unpaired) electrons. The predicted octanol–water partition coefficient (Wildman–Crippen LogP) is 5.83. The van der Waals surface area contributed by atoms with E-state index in [0.29, 0.717) is 18.8 Å². The van der Waals surface area contributed by atoms with E-state index in [4.69, 9.17) is 9.16 Å². The van der Waals surface area contributed by atoms with Gasteiger partial charge in [-0.05, 0) is 62.9 Å². The number of carbonyl (C=O) groups is 2. The second kappa shape index (κ2) is 8.90. The van der Waals surface area contributed by atoms with Crippen LogP contribution in [0.5, 0.6) is 0 Å². The lowest BCUT2D eigenvalue weighted by Crippen LogP contribution is -2.45. The Hall–Kier alpha value is -2.33. The summed E-state index contributed by atoms with van der Waals surface area (Å²) in [4.78, 5) is 33.3. The number of halogens is 2. The number of hydrogen-bond donors (Lipinski definition) is 1. The summed E-state index contributed by atoms with van der Waals surface area (Å²) in [5, 5.41) is -0.0204. The number of hydrogen-bond acceptors (Lipinski definition) is 5. The largest absolute Gasteiger partial charge is 0.444 e. The molecule has 1 saturated heterocycles. The minimum atomic E-state index is -2.14. The lowest BCUT2D eigenvalue weighted by molar-refractivity contribution is -0.110. The molecule has 3 atom stereocenters. The van der Waals surface area contributed by atoms with E-state index in [1.165, 1.54) is 0 Å². The fourth-order valence-electron chi connectivity index (χ4n) is 4.80. The highest BCUT2D eigenvalue weighted by molar-refractivity contribution is 6.74. The standard InChI is InChI=1S/C26H37F2N3O4Si/c1-25(2,3)34-24(33)31-12-15(35-36(7,8)26(4,5)6)11-18(31)23-29-21-19(27)16-9-14(13-32)10-17(16)20(28)22(21)30-23/h13-15,18H,9-12H2,1-8H3,(H,29,30)/t15?,18-/m1/s1. The van der Waals surface area contributed by atoms with Crippen LogP contribution in [0.3, 0.4) is 0 Å². The summed E-state index contributed by atoms with van der Waals surface area (Å²) in [6, 6.07) is -0.585. The van der Waals surface area contributed by atoms with Crippen LogP contribution in [-0.2, 0) is 26.8 Å². The van der Waals surface area contributed by atoms with Crippen LogP contribution in [0.15, 0.2) is 0 Å². The molecule has 1 amide bonds. The molecule has 4 rings (SSSR count). The van der Waals surface area contributed by atoms with Gasteiger partial charge in [-0.3, -0.25) is 4.90 Å². The third kappa shape index (κ3) is 4.81. The molecule has 1 fully saturated rings. The predicted molar refractivity (Wildman–Crippen MR) is 135 cm³/mol. The maximum atomic E-state index is 15.4. The fraction of sp³-hybridized carbons (Fsp3) is 0.654. The van der Waals surface area contributed by atoms with Crippen molar-refractivity contribution in [2.45, 2.75) is 96.7 Å². The van der Waals surface area contributed by atoms with Gasteiger partial charge in [0.1, 0.15) is 28.7 Å². The van der Waals surface area contributed by atoms with Gasteiger partial charge in [-0.1, -0.05) is 20.8 Å². The molecule has 0 spiro atoms. The van der Waals surface area contributed by atoms with Gasteiger partial charge in [-0.2, -0.15) is 0 Å². The third-order valence-electron chi connectivity index (χ3n) is 7.64. The van der Waals surface area contributed by atoms with E-state index in [1.807, 2.05) is 0 Å². The molecule has 7 nitrogen and oxygen atoms in total. The number of nitrogens with one attached hydrogen (secondary N) is 1. The zero-order chi connectivity index (χ0) is 26.8. The number of fused-ring (bicyclic) bond motifs is 2. The van der Waals surface area contributed by atoms with Crippen LogP contribution in [-0.4, -0.2) is 53.8 Å². The Kier molecular flexibility index (Phi) is 6.61. The summed E-state index contributed by atoms with van der Waals surface area (Å²) in [7, 11) is -2.14. The first-order valence-corrected chi connectivity index (χ1v) is 15.4. The number of amides is 1. The van der Waals surface area contributed by atoms with Gasteiger partial charge >= 0.3 is 6.09 Å². The van der Waals surface area contributed by atoms with Gasteiger partial charge in [0, 0.05) is 18.9 Å². The number of nitrogens with zero attached hydrogens (tertiary/aromatic N) is 2. The van der Waals surface area contributed by atoms with Crippen molar-refractivity contribution in [2.24, 2.45) is 5.92 Å². The van der Waals surface area contributed by atoms with Crippen LogP contribution in [0.4, 0.5) is 13.6 Å². The van der Waals surface area contributed by atoms with E-state index in [-0.39, 0.29) is 46.1 Å². The van der Waals surface area contributed by atoms with E-state index in [9.17, 15) is 9.59 Å². The van der Waals surface area contributed by atoms with Crippen LogP contribution in [0.25, 0.3) is 11.0 Å². The van der Waals surface area contributed by atoms with Crippen molar-refractivity contribution in [3.05, 3.63) is 28.6 Å². The molecule has 1 aliphatic carbocycles. The minimum absolute atomic E-state index is 0.0204. The van der Waals surface area contributed by atoms with Crippen molar-refractivity contribution in [2.75, 3.05) is 6.54 Å². The van der Waals surface area contributed by atoms with Crippen molar-refractivity contribution < 1.29 is 27.5 Å². The molecule has 1 N–H and O–H groups in total. The first kappa shape index (κ1) is 26.7. The lowest BCUT2D eigenvalue weighted by atomic mass is 10.1. The first-order valence-electron chi connectivity index (χ1n) is 12.5. The van der Waals surface area contributed by atoms with Gasteiger partial charge in [0.2, 0.25) is 0 Å². The average molecular weight is 522 g/mol. The molecule has 0 bridgehead atoms. The van der Waals surface area contributed by atoms with E-state index < -0.39 is 43.6 Å². The fourth-order valence-corrected chi connectivity index (χ4v) is 6.16. The van der Waals surface area contributed by atoms with Gasteiger partial charge in [-0.25, -0.2) is 18.6 Å². The average Bonchev–Trinajstić information content (AvgIpc) is 3.46. The van der Waals surface area contributed by atoms with Gasteiger partial charge in [0.25, 0.3) is 0 Å². The van der Waals surface area contributed by atoms with Crippen LogP contribution in [0.1, 0.15) is 71.0 Å². The number of likely N-dealkylation sites (tertiary alicyclic amines) is 1. The third-order valence-corrected chi connectivity index (χ3v) is 12.2. The van der Waals surface area contributed by atoms with E-state index in [2.05, 4.69) is 43.8 Å². The van der Waals surface area contributed by atoms with Crippen LogP contribution >= 0.6 is 0 Å². The molecule has 198 valence electrons. The SMILES string of the molecule is CC(C)(C)OC(=O)N1CC(O[Si](C)(C)C(C)(C)C)C[C@@H]1c1nc2c(F)c3c(c(F)c2[nH]1)CC(C=O)C3. The Morgan fingerprint density at radius 1 is 1.11 bits per heavy atom. The Morgan fingerprint density at radius 3 is 2.28 bits per heavy atom. The molecule has 1 aromatic heterocycles. The van der Waals surface area contributed by atoms with Crippen molar-refractivity contribution in [1.29, 1.82) is 0 Å². The van der Waals surface area contributed by atoms with E-state index >= 15 is 8.78 Å². The quantitative estimate of drug-likeness (QED) is 0.404. The Balaban J connectivity index is 1.72. The molecule has 1 aliphatic heterocycles. The number of aldehydes is 1. The van der Waals surface area contributed by atoms with Gasteiger partial charge in [0.15, 0.2) is 20.0 Å². The van der Waals surface area contributed by atoms with Crippen molar-refractivity contribution in [3.8, 4) is 0 Å².